The summed E-state index contributed by atoms with van der Waals surface area (Å²) in [5.74, 6) is 0.619. The predicted octanol–water partition coefficient (Wildman–Crippen LogP) is 7.06. The molecule has 0 radical (unpaired) electrons. The van der Waals surface area contributed by atoms with E-state index in [0.29, 0.717) is 5.92 Å². The Bertz CT molecular complexity index is 639. The summed E-state index contributed by atoms with van der Waals surface area (Å²) in [6.45, 7) is 8.84. The lowest BCUT2D eigenvalue weighted by molar-refractivity contribution is 0.734. The molecular weight excluding hydrogens is 292 g/mol. The largest absolute Gasteiger partial charge is 0.359 e. The van der Waals surface area contributed by atoms with Crippen LogP contribution in [0.2, 0.25) is 0 Å². The number of hydrogen-bond donors (Lipinski definition) is 2. The predicted molar refractivity (Wildman–Crippen MR) is 107 cm³/mol. The SMILES string of the molecule is CC/C=C(\CC)Nc1ccc(Nc2ccc(C(C)CC)cc2)cc1. The molecule has 2 heteroatoms. The van der Waals surface area contributed by atoms with Crippen molar-refractivity contribution >= 4 is 17.1 Å². The molecule has 0 spiro atoms. The standard InChI is InChI=1S/C22H30N2/c1-5-8-19(7-3)23-21-13-15-22(16-14-21)24-20-11-9-18(10-12-20)17(4)6-2/h8-17,23-24H,5-7H2,1-4H3/b19-8+. The maximum Gasteiger partial charge on any atom is 0.0385 e. The van der Waals surface area contributed by atoms with Crippen molar-refractivity contribution in [3.63, 3.8) is 0 Å². The number of allylic oxidation sites excluding steroid dienone is 2. The molecule has 2 aromatic rings. The molecule has 24 heavy (non-hydrogen) atoms. The Morgan fingerprint density at radius 1 is 0.875 bits per heavy atom. The van der Waals surface area contributed by atoms with Crippen LogP contribution in [0.3, 0.4) is 0 Å². The minimum Gasteiger partial charge on any atom is -0.359 e. The van der Waals surface area contributed by atoms with Gasteiger partial charge in [0.25, 0.3) is 0 Å². The first kappa shape index (κ1) is 18.1. The van der Waals surface area contributed by atoms with E-state index in [4.69, 9.17) is 0 Å². The van der Waals surface area contributed by atoms with E-state index in [0.717, 1.165) is 29.9 Å². The number of hydrogen-bond acceptors (Lipinski definition) is 2. The van der Waals surface area contributed by atoms with E-state index in [-0.39, 0.29) is 0 Å². The number of nitrogens with one attached hydrogen (secondary N) is 2. The van der Waals surface area contributed by atoms with E-state index in [1.54, 1.807) is 0 Å². The Kier molecular flexibility index (Phi) is 6.92. The Morgan fingerprint density at radius 2 is 1.42 bits per heavy atom. The maximum atomic E-state index is 3.48. The highest BCUT2D eigenvalue weighted by Gasteiger charge is 2.03. The Balaban J connectivity index is 2.00. The normalized spacial score (nSPS) is 12.8. The molecule has 0 bridgehead atoms. The van der Waals surface area contributed by atoms with Crippen molar-refractivity contribution < 1.29 is 0 Å². The van der Waals surface area contributed by atoms with Gasteiger partial charge in [0.2, 0.25) is 0 Å². The topological polar surface area (TPSA) is 24.1 Å². The van der Waals surface area contributed by atoms with Gasteiger partial charge >= 0.3 is 0 Å². The molecule has 0 amide bonds. The summed E-state index contributed by atoms with van der Waals surface area (Å²) in [5.41, 5.74) is 6.04. The van der Waals surface area contributed by atoms with Crippen LogP contribution < -0.4 is 10.6 Å². The molecule has 0 aromatic heterocycles. The highest BCUT2D eigenvalue weighted by molar-refractivity contribution is 5.63. The van der Waals surface area contributed by atoms with Gasteiger partial charge in [-0.2, -0.15) is 0 Å². The zero-order chi connectivity index (χ0) is 17.4. The van der Waals surface area contributed by atoms with Gasteiger partial charge in [-0.15, -0.1) is 0 Å². The fraction of sp³-hybridized carbons (Fsp3) is 0.364. The number of anilines is 3. The van der Waals surface area contributed by atoms with Crippen LogP contribution in [0.5, 0.6) is 0 Å². The molecule has 1 unspecified atom stereocenters. The lowest BCUT2D eigenvalue weighted by Gasteiger charge is -2.12. The van der Waals surface area contributed by atoms with Gasteiger partial charge in [0, 0.05) is 22.8 Å². The Morgan fingerprint density at radius 3 is 1.92 bits per heavy atom. The van der Waals surface area contributed by atoms with E-state index in [9.17, 15) is 0 Å². The van der Waals surface area contributed by atoms with Crippen LogP contribution >= 0.6 is 0 Å². The lowest BCUT2D eigenvalue weighted by atomic mass is 9.99. The van der Waals surface area contributed by atoms with E-state index < -0.39 is 0 Å². The number of rotatable bonds is 8. The van der Waals surface area contributed by atoms with Gasteiger partial charge < -0.3 is 10.6 Å². The summed E-state index contributed by atoms with van der Waals surface area (Å²) in [4.78, 5) is 0. The second-order valence-electron chi connectivity index (χ2n) is 6.25. The molecule has 0 aliphatic carbocycles. The molecule has 2 nitrogen and oxygen atoms in total. The van der Waals surface area contributed by atoms with E-state index in [1.165, 1.54) is 17.7 Å². The van der Waals surface area contributed by atoms with E-state index in [1.807, 2.05) is 0 Å². The molecule has 0 heterocycles. The molecule has 1 atom stereocenters. The minimum atomic E-state index is 0.619. The van der Waals surface area contributed by atoms with Crippen LogP contribution in [0, 0.1) is 0 Å². The third-order valence-electron chi connectivity index (χ3n) is 4.40. The van der Waals surface area contributed by atoms with Crippen LogP contribution in [-0.4, -0.2) is 0 Å². The monoisotopic (exact) mass is 322 g/mol. The van der Waals surface area contributed by atoms with Gasteiger partial charge in [-0.1, -0.05) is 45.9 Å². The highest BCUT2D eigenvalue weighted by Crippen LogP contribution is 2.23. The summed E-state index contributed by atoms with van der Waals surface area (Å²) in [7, 11) is 0. The summed E-state index contributed by atoms with van der Waals surface area (Å²) in [6, 6.07) is 17.2. The average Bonchev–Trinajstić information content (AvgIpc) is 2.63. The highest BCUT2D eigenvalue weighted by atomic mass is 14.9. The van der Waals surface area contributed by atoms with Crippen LogP contribution in [0.1, 0.15) is 58.4 Å². The summed E-state index contributed by atoms with van der Waals surface area (Å²) >= 11 is 0. The fourth-order valence-corrected chi connectivity index (χ4v) is 2.65. The van der Waals surface area contributed by atoms with Gasteiger partial charge in [-0.25, -0.2) is 0 Å². The summed E-state index contributed by atoms with van der Waals surface area (Å²) in [5, 5.41) is 6.95. The van der Waals surface area contributed by atoms with Crippen LogP contribution in [0.25, 0.3) is 0 Å². The van der Waals surface area contributed by atoms with Crippen LogP contribution in [0.4, 0.5) is 17.1 Å². The molecule has 0 fully saturated rings. The average molecular weight is 322 g/mol. The Hall–Kier alpha value is -2.22. The molecule has 2 N–H and O–H groups in total. The molecule has 2 aromatic carbocycles. The molecule has 0 saturated carbocycles. The third-order valence-corrected chi connectivity index (χ3v) is 4.40. The van der Waals surface area contributed by atoms with E-state index >= 15 is 0 Å². The molecule has 0 aliphatic rings. The third kappa shape index (κ3) is 5.16. The van der Waals surface area contributed by atoms with Gasteiger partial charge in [-0.05, 0) is 67.1 Å². The maximum absolute atomic E-state index is 3.48. The minimum absolute atomic E-state index is 0.619. The molecule has 128 valence electrons. The Labute approximate surface area is 147 Å². The first-order valence-electron chi connectivity index (χ1n) is 9.09. The molecule has 2 rings (SSSR count). The van der Waals surface area contributed by atoms with Crippen molar-refractivity contribution in [2.24, 2.45) is 0 Å². The first-order valence-corrected chi connectivity index (χ1v) is 9.09. The van der Waals surface area contributed by atoms with Gasteiger partial charge in [0.05, 0.1) is 0 Å². The summed E-state index contributed by atoms with van der Waals surface area (Å²) in [6.07, 6.45) is 5.50. The smallest absolute Gasteiger partial charge is 0.0385 e. The van der Waals surface area contributed by atoms with Crippen molar-refractivity contribution in [1.29, 1.82) is 0 Å². The number of benzene rings is 2. The van der Waals surface area contributed by atoms with Gasteiger partial charge in [-0.3, -0.25) is 0 Å². The zero-order valence-electron chi connectivity index (χ0n) is 15.4. The van der Waals surface area contributed by atoms with Gasteiger partial charge in [0.15, 0.2) is 0 Å². The van der Waals surface area contributed by atoms with Crippen molar-refractivity contribution in [1.82, 2.24) is 0 Å². The molecule has 0 saturated heterocycles. The summed E-state index contributed by atoms with van der Waals surface area (Å²) < 4.78 is 0. The van der Waals surface area contributed by atoms with Crippen LogP contribution in [0.15, 0.2) is 60.3 Å². The van der Waals surface area contributed by atoms with E-state index in [2.05, 4.69) is 92.9 Å². The van der Waals surface area contributed by atoms with Crippen LogP contribution in [-0.2, 0) is 0 Å². The van der Waals surface area contributed by atoms with Crippen molar-refractivity contribution in [3.8, 4) is 0 Å². The molecule has 0 aliphatic heterocycles. The second kappa shape index (κ2) is 9.17. The molecular formula is C22H30N2. The van der Waals surface area contributed by atoms with Crippen molar-refractivity contribution in [2.75, 3.05) is 10.6 Å². The second-order valence-corrected chi connectivity index (χ2v) is 6.25. The first-order chi connectivity index (χ1) is 11.7. The van der Waals surface area contributed by atoms with Gasteiger partial charge in [0.1, 0.15) is 0 Å². The van der Waals surface area contributed by atoms with Crippen molar-refractivity contribution in [3.05, 3.63) is 65.9 Å². The lowest BCUT2D eigenvalue weighted by Crippen LogP contribution is -1.98. The van der Waals surface area contributed by atoms with Crippen molar-refractivity contribution in [2.45, 2.75) is 52.9 Å². The quantitative estimate of drug-likeness (QED) is 0.543. The zero-order valence-corrected chi connectivity index (χ0v) is 15.4. The fourth-order valence-electron chi connectivity index (χ4n) is 2.65.